The minimum Gasteiger partial charge on any atom is -0.378 e. The first kappa shape index (κ1) is 22.7. The fourth-order valence-corrected chi connectivity index (χ4v) is 5.69. The number of nitrogens with zero attached hydrogens (tertiary/aromatic N) is 2. The Bertz CT molecular complexity index is 1040. The number of amides is 1. The summed E-state index contributed by atoms with van der Waals surface area (Å²) in [5, 5.41) is 2.85. The Morgan fingerprint density at radius 3 is 2.31 bits per heavy atom. The van der Waals surface area contributed by atoms with Gasteiger partial charge in [0, 0.05) is 43.1 Å². The van der Waals surface area contributed by atoms with E-state index in [0.29, 0.717) is 32.0 Å². The lowest BCUT2D eigenvalue weighted by Gasteiger charge is -2.34. The molecule has 1 N–H and O–H groups in total. The van der Waals surface area contributed by atoms with Crippen LogP contribution in [0, 0.1) is 0 Å². The number of rotatable bonds is 5. The van der Waals surface area contributed by atoms with Crippen LogP contribution in [0.3, 0.4) is 0 Å². The average Bonchev–Trinajstić information content (AvgIpc) is 2.79. The van der Waals surface area contributed by atoms with E-state index in [1.165, 1.54) is 16.4 Å². The maximum absolute atomic E-state index is 13.1. The van der Waals surface area contributed by atoms with Crippen LogP contribution in [0.1, 0.15) is 24.2 Å². The molecule has 0 bridgehead atoms. The van der Waals surface area contributed by atoms with Crippen LogP contribution in [0.2, 0.25) is 0 Å². The summed E-state index contributed by atoms with van der Waals surface area (Å²) in [5.74, 6) is -0.357. The van der Waals surface area contributed by atoms with Crippen LogP contribution in [0.5, 0.6) is 0 Å². The van der Waals surface area contributed by atoms with Crippen molar-refractivity contribution in [1.29, 1.82) is 0 Å². The number of hydrogen-bond acceptors (Lipinski definition) is 6. The lowest BCUT2D eigenvalue weighted by atomic mass is 10.2. The van der Waals surface area contributed by atoms with Gasteiger partial charge in [0.15, 0.2) is 0 Å². The lowest BCUT2D eigenvalue weighted by molar-refractivity contribution is -0.0440. The van der Waals surface area contributed by atoms with Gasteiger partial charge >= 0.3 is 0 Å². The second-order valence-electron chi connectivity index (χ2n) is 8.21. The summed E-state index contributed by atoms with van der Waals surface area (Å²) in [6, 6.07) is 13.8. The summed E-state index contributed by atoms with van der Waals surface area (Å²) in [6.07, 6.45) is -0.360. The number of carbonyl (C=O) groups excluding carboxylic acids is 1. The molecule has 32 heavy (non-hydrogen) atoms. The number of hydrogen-bond donors (Lipinski definition) is 1. The van der Waals surface area contributed by atoms with Gasteiger partial charge in [0.25, 0.3) is 5.91 Å². The maximum Gasteiger partial charge on any atom is 0.255 e. The molecule has 0 spiro atoms. The Balaban J connectivity index is 1.46. The molecular formula is C23H29N3O5S. The van der Waals surface area contributed by atoms with Gasteiger partial charge in [-0.15, -0.1) is 0 Å². The van der Waals surface area contributed by atoms with E-state index in [9.17, 15) is 13.2 Å². The molecule has 2 saturated heterocycles. The molecule has 4 rings (SSSR count). The summed E-state index contributed by atoms with van der Waals surface area (Å²) in [5.41, 5.74) is 2.02. The number of nitrogens with one attached hydrogen (secondary N) is 1. The van der Waals surface area contributed by atoms with Gasteiger partial charge in [0.2, 0.25) is 10.0 Å². The van der Waals surface area contributed by atoms with Crippen LogP contribution in [-0.4, -0.2) is 70.2 Å². The lowest BCUT2D eigenvalue weighted by Crippen LogP contribution is -2.48. The zero-order valence-corrected chi connectivity index (χ0v) is 19.2. The van der Waals surface area contributed by atoms with Crippen LogP contribution >= 0.6 is 0 Å². The summed E-state index contributed by atoms with van der Waals surface area (Å²) in [4.78, 5) is 15.1. The van der Waals surface area contributed by atoms with Crippen molar-refractivity contribution in [1.82, 2.24) is 4.31 Å². The normalized spacial score (nSPS) is 22.5. The predicted molar refractivity (Wildman–Crippen MR) is 123 cm³/mol. The number of sulfonamides is 1. The van der Waals surface area contributed by atoms with E-state index in [4.69, 9.17) is 9.47 Å². The van der Waals surface area contributed by atoms with Crippen molar-refractivity contribution < 1.29 is 22.7 Å². The van der Waals surface area contributed by atoms with Crippen molar-refractivity contribution in [3.63, 3.8) is 0 Å². The Morgan fingerprint density at radius 1 is 1.00 bits per heavy atom. The van der Waals surface area contributed by atoms with E-state index in [-0.39, 0.29) is 28.6 Å². The molecule has 0 unspecified atom stereocenters. The first-order valence-electron chi connectivity index (χ1n) is 10.8. The molecule has 2 atom stereocenters. The third kappa shape index (κ3) is 5.12. The first-order valence-corrected chi connectivity index (χ1v) is 12.3. The van der Waals surface area contributed by atoms with Gasteiger partial charge in [-0.3, -0.25) is 4.79 Å². The van der Waals surface area contributed by atoms with E-state index in [1.807, 2.05) is 38.1 Å². The Kier molecular flexibility index (Phi) is 6.80. The van der Waals surface area contributed by atoms with Crippen LogP contribution in [-0.2, 0) is 19.5 Å². The standard InChI is InChI=1S/C23H29N3O5S/c1-17-15-26(16-18(2)31-17)32(28,29)22-5-3-4-19(14-22)23(27)24-20-6-8-21(9-7-20)25-10-12-30-13-11-25/h3-9,14,17-18H,10-13,15-16H2,1-2H3,(H,24,27)/t17-,18-/m1/s1. The SMILES string of the molecule is C[C@@H]1CN(S(=O)(=O)c2cccc(C(=O)Nc3ccc(N4CCOCC4)cc3)c2)C[C@@H](C)O1. The van der Waals surface area contributed by atoms with E-state index < -0.39 is 10.0 Å². The molecule has 172 valence electrons. The fraction of sp³-hybridized carbons (Fsp3) is 0.435. The van der Waals surface area contributed by atoms with Crippen molar-refractivity contribution >= 4 is 27.3 Å². The van der Waals surface area contributed by atoms with E-state index in [1.54, 1.807) is 12.1 Å². The van der Waals surface area contributed by atoms with E-state index in [2.05, 4.69) is 10.2 Å². The molecule has 2 aliphatic rings. The minimum absolute atomic E-state index is 0.106. The van der Waals surface area contributed by atoms with Gasteiger partial charge in [0.1, 0.15) is 0 Å². The highest BCUT2D eigenvalue weighted by atomic mass is 32.2. The van der Waals surface area contributed by atoms with Crippen LogP contribution in [0.4, 0.5) is 11.4 Å². The molecule has 0 radical (unpaired) electrons. The topological polar surface area (TPSA) is 88.2 Å². The number of anilines is 2. The molecule has 2 aromatic rings. The Morgan fingerprint density at radius 2 is 1.66 bits per heavy atom. The third-order valence-corrected chi connectivity index (χ3v) is 7.45. The van der Waals surface area contributed by atoms with Crippen molar-refractivity contribution in [2.45, 2.75) is 31.0 Å². The summed E-state index contributed by atoms with van der Waals surface area (Å²) >= 11 is 0. The number of morpholine rings is 2. The summed E-state index contributed by atoms with van der Waals surface area (Å²) in [7, 11) is -3.72. The first-order chi connectivity index (χ1) is 15.3. The molecule has 1 amide bonds. The highest BCUT2D eigenvalue weighted by Crippen LogP contribution is 2.23. The van der Waals surface area contributed by atoms with Crippen molar-refractivity contribution in [2.24, 2.45) is 0 Å². The van der Waals surface area contributed by atoms with Gasteiger partial charge in [-0.1, -0.05) is 6.07 Å². The summed E-state index contributed by atoms with van der Waals surface area (Å²) in [6.45, 7) is 7.39. The highest BCUT2D eigenvalue weighted by molar-refractivity contribution is 7.89. The van der Waals surface area contributed by atoms with Gasteiger partial charge in [0.05, 0.1) is 30.3 Å². The fourth-order valence-electron chi connectivity index (χ4n) is 4.05. The van der Waals surface area contributed by atoms with Crippen molar-refractivity contribution in [2.75, 3.05) is 49.6 Å². The van der Waals surface area contributed by atoms with Crippen molar-refractivity contribution in [3.8, 4) is 0 Å². The minimum atomic E-state index is -3.72. The highest BCUT2D eigenvalue weighted by Gasteiger charge is 2.32. The van der Waals surface area contributed by atoms with Crippen LogP contribution in [0.25, 0.3) is 0 Å². The molecule has 2 aliphatic heterocycles. The zero-order chi connectivity index (χ0) is 22.7. The predicted octanol–water partition coefficient (Wildman–Crippen LogP) is 2.57. The smallest absolute Gasteiger partial charge is 0.255 e. The van der Waals surface area contributed by atoms with Crippen LogP contribution < -0.4 is 10.2 Å². The third-order valence-electron chi connectivity index (χ3n) is 5.62. The van der Waals surface area contributed by atoms with Gasteiger partial charge in [-0.25, -0.2) is 8.42 Å². The summed E-state index contributed by atoms with van der Waals surface area (Å²) < 4.78 is 38.7. The number of benzene rings is 2. The molecule has 9 heteroatoms. The molecule has 2 heterocycles. The van der Waals surface area contributed by atoms with E-state index >= 15 is 0 Å². The number of carbonyl (C=O) groups is 1. The van der Waals surface area contributed by atoms with Gasteiger partial charge in [-0.05, 0) is 56.3 Å². The average molecular weight is 460 g/mol. The second-order valence-corrected chi connectivity index (χ2v) is 10.1. The monoisotopic (exact) mass is 459 g/mol. The Labute approximate surface area is 189 Å². The number of ether oxygens (including phenoxy) is 2. The van der Waals surface area contributed by atoms with Gasteiger partial charge < -0.3 is 19.7 Å². The largest absolute Gasteiger partial charge is 0.378 e. The molecule has 0 aliphatic carbocycles. The zero-order valence-electron chi connectivity index (χ0n) is 18.4. The molecule has 2 aromatic carbocycles. The maximum atomic E-state index is 13.1. The van der Waals surface area contributed by atoms with Gasteiger partial charge in [-0.2, -0.15) is 4.31 Å². The molecule has 2 fully saturated rings. The molecule has 0 aromatic heterocycles. The molecule has 0 saturated carbocycles. The van der Waals surface area contributed by atoms with Crippen molar-refractivity contribution in [3.05, 3.63) is 54.1 Å². The second kappa shape index (κ2) is 9.58. The van der Waals surface area contributed by atoms with Crippen LogP contribution in [0.15, 0.2) is 53.4 Å². The quantitative estimate of drug-likeness (QED) is 0.740. The molecule has 8 nitrogen and oxygen atoms in total. The molecular weight excluding hydrogens is 430 g/mol. The van der Waals surface area contributed by atoms with E-state index in [0.717, 1.165) is 18.8 Å². The Hall–Kier alpha value is -2.46.